The van der Waals surface area contributed by atoms with E-state index in [1.807, 2.05) is 6.07 Å². The first kappa shape index (κ1) is 28.5. The second kappa shape index (κ2) is 14.0. The van der Waals surface area contributed by atoms with Crippen molar-refractivity contribution in [3.63, 3.8) is 0 Å². The molecule has 0 aliphatic carbocycles. The molecule has 0 atom stereocenters. The van der Waals surface area contributed by atoms with Crippen molar-refractivity contribution in [2.75, 3.05) is 39.8 Å². The predicted molar refractivity (Wildman–Crippen MR) is 172 cm³/mol. The third-order valence-electron chi connectivity index (χ3n) is 8.85. The Balaban J connectivity index is 1.23. The van der Waals surface area contributed by atoms with Crippen LogP contribution in [0.2, 0.25) is 0 Å². The number of hydrogen-bond acceptors (Lipinski definition) is 4. The van der Waals surface area contributed by atoms with Crippen LogP contribution in [-0.4, -0.2) is 49.6 Å². The van der Waals surface area contributed by atoms with Gasteiger partial charge in [0.15, 0.2) is 0 Å². The zero-order valence-corrected chi connectivity index (χ0v) is 25.1. The zero-order valence-electron chi connectivity index (χ0n) is 25.1. The molecule has 2 aliphatic rings. The Labute approximate surface area is 251 Å². The Kier molecular flexibility index (Phi) is 9.54. The highest BCUT2D eigenvalue weighted by molar-refractivity contribution is 5.70. The largest absolute Gasteiger partial charge is 0.496 e. The van der Waals surface area contributed by atoms with Gasteiger partial charge in [0.2, 0.25) is 0 Å². The van der Waals surface area contributed by atoms with Gasteiger partial charge in [-0.05, 0) is 116 Å². The van der Waals surface area contributed by atoms with Gasteiger partial charge in [0.05, 0.1) is 7.11 Å². The Morgan fingerprint density at radius 1 is 0.643 bits per heavy atom. The molecule has 218 valence electrons. The SMILES string of the molecule is COc1cc(Cc2ccc(OCc3ccccc3)cc2-c2ccc(CCN3CCCC3)cc2)ccc1CN1CCCC1. The maximum Gasteiger partial charge on any atom is 0.123 e. The molecule has 4 heteroatoms. The first-order chi connectivity index (χ1) is 20.7. The molecule has 0 aromatic heterocycles. The Bertz CT molecular complexity index is 1420. The third kappa shape index (κ3) is 7.42. The molecule has 4 aromatic rings. The van der Waals surface area contributed by atoms with Crippen molar-refractivity contribution >= 4 is 0 Å². The van der Waals surface area contributed by atoms with E-state index in [9.17, 15) is 0 Å². The number of benzene rings is 4. The summed E-state index contributed by atoms with van der Waals surface area (Å²) in [5.74, 6) is 1.89. The molecule has 2 saturated heterocycles. The Hall–Kier alpha value is -3.60. The van der Waals surface area contributed by atoms with E-state index < -0.39 is 0 Å². The molecule has 2 aliphatic heterocycles. The summed E-state index contributed by atoms with van der Waals surface area (Å²) >= 11 is 0. The van der Waals surface area contributed by atoms with E-state index in [0.29, 0.717) is 6.61 Å². The molecule has 4 aromatic carbocycles. The van der Waals surface area contributed by atoms with Crippen molar-refractivity contribution in [1.82, 2.24) is 9.80 Å². The molecule has 0 amide bonds. The summed E-state index contributed by atoms with van der Waals surface area (Å²) in [5, 5.41) is 0. The van der Waals surface area contributed by atoms with Crippen molar-refractivity contribution in [1.29, 1.82) is 0 Å². The second-order valence-electron chi connectivity index (χ2n) is 11.9. The van der Waals surface area contributed by atoms with Crippen molar-refractivity contribution < 1.29 is 9.47 Å². The predicted octanol–water partition coefficient (Wildman–Crippen LogP) is 7.77. The average Bonchev–Trinajstić information content (AvgIpc) is 3.76. The van der Waals surface area contributed by atoms with Crippen LogP contribution in [0.25, 0.3) is 11.1 Å². The maximum atomic E-state index is 6.26. The fourth-order valence-corrected chi connectivity index (χ4v) is 6.38. The number of ether oxygens (including phenoxy) is 2. The summed E-state index contributed by atoms with van der Waals surface area (Å²) in [7, 11) is 1.79. The highest BCUT2D eigenvalue weighted by Gasteiger charge is 2.16. The van der Waals surface area contributed by atoms with E-state index in [1.165, 1.54) is 90.8 Å². The van der Waals surface area contributed by atoms with Gasteiger partial charge in [0.1, 0.15) is 18.1 Å². The molecule has 0 bridgehead atoms. The van der Waals surface area contributed by atoms with E-state index in [1.54, 1.807) is 7.11 Å². The monoisotopic (exact) mass is 560 g/mol. The number of methoxy groups -OCH3 is 1. The van der Waals surface area contributed by atoms with Crippen molar-refractivity contribution in [3.05, 3.63) is 119 Å². The topological polar surface area (TPSA) is 24.9 Å². The average molecular weight is 561 g/mol. The Morgan fingerprint density at radius 3 is 2.07 bits per heavy atom. The van der Waals surface area contributed by atoms with Gasteiger partial charge in [0.25, 0.3) is 0 Å². The van der Waals surface area contributed by atoms with E-state index in [-0.39, 0.29) is 0 Å². The summed E-state index contributed by atoms with van der Waals surface area (Å²) in [6.45, 7) is 7.55. The summed E-state index contributed by atoms with van der Waals surface area (Å²) in [5.41, 5.74) is 8.87. The second-order valence-corrected chi connectivity index (χ2v) is 11.9. The highest BCUT2D eigenvalue weighted by Crippen LogP contribution is 2.32. The van der Waals surface area contributed by atoms with Gasteiger partial charge in [-0.15, -0.1) is 0 Å². The van der Waals surface area contributed by atoms with Crippen LogP contribution >= 0.6 is 0 Å². The van der Waals surface area contributed by atoms with Gasteiger partial charge in [-0.2, -0.15) is 0 Å². The van der Waals surface area contributed by atoms with Crippen LogP contribution in [0.15, 0.2) is 91.0 Å². The molecule has 0 unspecified atom stereocenters. The molecule has 0 N–H and O–H groups in total. The molecule has 6 rings (SSSR count). The molecule has 42 heavy (non-hydrogen) atoms. The standard InChI is InChI=1S/C38H44N2O2/c1-41-38-26-32(13-16-35(38)28-40-22-7-8-23-40)25-34-17-18-36(42-29-31-9-3-2-4-10-31)27-37(34)33-14-11-30(12-15-33)19-24-39-20-5-6-21-39/h2-4,9-18,26-27H,5-8,19-25,28-29H2,1H3. The molecule has 0 saturated carbocycles. The van der Waals surface area contributed by atoms with E-state index in [2.05, 4.69) is 94.7 Å². The molecular formula is C38H44N2O2. The van der Waals surface area contributed by atoms with Crippen LogP contribution in [0.1, 0.15) is 53.5 Å². The summed E-state index contributed by atoms with van der Waals surface area (Å²) in [6.07, 6.45) is 7.23. The van der Waals surface area contributed by atoms with Crippen LogP contribution in [-0.2, 0) is 26.0 Å². The van der Waals surface area contributed by atoms with Crippen molar-refractivity contribution in [2.45, 2.75) is 51.7 Å². The molecule has 4 nitrogen and oxygen atoms in total. The molecule has 2 fully saturated rings. The van der Waals surface area contributed by atoms with Gasteiger partial charge in [0, 0.05) is 18.7 Å². The summed E-state index contributed by atoms with van der Waals surface area (Å²) < 4.78 is 12.1. The van der Waals surface area contributed by atoms with Gasteiger partial charge in [-0.25, -0.2) is 0 Å². The number of rotatable bonds is 12. The molecular weight excluding hydrogens is 516 g/mol. The minimum absolute atomic E-state index is 0.560. The minimum Gasteiger partial charge on any atom is -0.496 e. The fourth-order valence-electron chi connectivity index (χ4n) is 6.38. The van der Waals surface area contributed by atoms with Gasteiger partial charge in [-0.3, -0.25) is 4.90 Å². The normalized spacial score (nSPS) is 15.7. The summed E-state index contributed by atoms with van der Waals surface area (Å²) in [6, 6.07) is 32.9. The maximum absolute atomic E-state index is 6.26. The van der Waals surface area contributed by atoms with Gasteiger partial charge in [-0.1, -0.05) is 72.8 Å². The van der Waals surface area contributed by atoms with E-state index in [4.69, 9.17) is 9.47 Å². The van der Waals surface area contributed by atoms with Gasteiger partial charge >= 0.3 is 0 Å². The zero-order chi connectivity index (χ0) is 28.6. The van der Waals surface area contributed by atoms with Crippen LogP contribution in [0, 0.1) is 0 Å². The lowest BCUT2D eigenvalue weighted by Gasteiger charge is -2.18. The Morgan fingerprint density at radius 2 is 1.33 bits per heavy atom. The molecule has 0 radical (unpaired) electrons. The van der Waals surface area contributed by atoms with E-state index >= 15 is 0 Å². The first-order valence-electron chi connectivity index (χ1n) is 15.7. The van der Waals surface area contributed by atoms with Crippen molar-refractivity contribution in [3.8, 4) is 22.6 Å². The fraction of sp³-hybridized carbons (Fsp3) is 0.368. The highest BCUT2D eigenvalue weighted by atomic mass is 16.5. The van der Waals surface area contributed by atoms with Crippen LogP contribution in [0.4, 0.5) is 0 Å². The lowest BCUT2D eigenvalue weighted by Crippen LogP contribution is -2.21. The van der Waals surface area contributed by atoms with Gasteiger partial charge < -0.3 is 14.4 Å². The first-order valence-corrected chi connectivity index (χ1v) is 15.7. The minimum atomic E-state index is 0.560. The van der Waals surface area contributed by atoms with Crippen LogP contribution in [0.5, 0.6) is 11.5 Å². The van der Waals surface area contributed by atoms with Crippen molar-refractivity contribution in [2.24, 2.45) is 0 Å². The van der Waals surface area contributed by atoms with E-state index in [0.717, 1.165) is 37.4 Å². The smallest absolute Gasteiger partial charge is 0.123 e. The number of nitrogens with zero attached hydrogens (tertiary/aromatic N) is 2. The number of likely N-dealkylation sites (tertiary alicyclic amines) is 2. The van der Waals surface area contributed by atoms with Crippen LogP contribution < -0.4 is 9.47 Å². The molecule has 0 spiro atoms. The number of hydrogen-bond donors (Lipinski definition) is 0. The lowest BCUT2D eigenvalue weighted by molar-refractivity contribution is 0.306. The lowest BCUT2D eigenvalue weighted by atomic mass is 9.93. The third-order valence-corrected chi connectivity index (χ3v) is 8.85. The van der Waals surface area contributed by atoms with Crippen LogP contribution in [0.3, 0.4) is 0 Å². The quantitative estimate of drug-likeness (QED) is 0.177. The summed E-state index contributed by atoms with van der Waals surface area (Å²) in [4.78, 5) is 5.11. The molecule has 2 heterocycles.